The van der Waals surface area contributed by atoms with Crippen LogP contribution in [0.3, 0.4) is 0 Å². The van der Waals surface area contributed by atoms with Crippen LogP contribution in [0.1, 0.15) is 27.9 Å². The van der Waals surface area contributed by atoms with Gasteiger partial charge in [-0.1, -0.05) is 11.8 Å². The van der Waals surface area contributed by atoms with E-state index in [1.165, 1.54) is 11.0 Å². The molecule has 6 atom stereocenters. The van der Waals surface area contributed by atoms with E-state index in [1.54, 1.807) is 20.2 Å². The number of amides is 1. The molecule has 3 aliphatic carbocycles. The number of fused-ring (bicyclic) bond motifs is 3. The number of likely N-dealkylation sites (N-methyl/N-ethyl adjacent to an activating group) is 1. The summed E-state index contributed by atoms with van der Waals surface area (Å²) in [6, 6.07) is 1.81. The van der Waals surface area contributed by atoms with E-state index in [0.29, 0.717) is 17.7 Å². The summed E-state index contributed by atoms with van der Waals surface area (Å²) in [5.41, 5.74) is 3.57. The van der Waals surface area contributed by atoms with Gasteiger partial charge in [0.2, 0.25) is 5.91 Å². The van der Waals surface area contributed by atoms with Crippen LogP contribution in [0.2, 0.25) is 0 Å². The SMILES string of the molecule is CN(C)CC#Cc1ccc(O)c2c1C[C@H]1C[C@H]3[C@H](N(C)C)C(=O)C(C(N)=O)C(=O)[C@@]3(O)C(=O)C1C2=O. The van der Waals surface area contributed by atoms with Crippen LogP contribution in [0.15, 0.2) is 12.1 Å². The lowest BCUT2D eigenvalue weighted by Gasteiger charge is -2.52. The van der Waals surface area contributed by atoms with Crippen LogP contribution in [0.4, 0.5) is 0 Å². The van der Waals surface area contributed by atoms with Crippen LogP contribution in [-0.2, 0) is 25.6 Å². The zero-order valence-corrected chi connectivity index (χ0v) is 20.6. The van der Waals surface area contributed by atoms with Gasteiger partial charge in [-0.3, -0.25) is 33.8 Å². The maximum absolute atomic E-state index is 13.7. The first-order chi connectivity index (χ1) is 16.8. The summed E-state index contributed by atoms with van der Waals surface area (Å²) < 4.78 is 0. The smallest absolute Gasteiger partial charge is 0.235 e. The van der Waals surface area contributed by atoms with Crippen LogP contribution in [0.25, 0.3) is 0 Å². The van der Waals surface area contributed by atoms with Gasteiger partial charge in [-0.05, 0) is 64.6 Å². The van der Waals surface area contributed by atoms with E-state index >= 15 is 0 Å². The molecular weight excluding hydrogens is 466 g/mol. The number of nitrogens with zero attached hydrogens (tertiary/aromatic N) is 2. The molecule has 4 rings (SSSR count). The second kappa shape index (κ2) is 8.92. The predicted molar refractivity (Wildman–Crippen MR) is 127 cm³/mol. The molecule has 36 heavy (non-hydrogen) atoms. The molecule has 3 aliphatic rings. The Morgan fingerprint density at radius 1 is 1.14 bits per heavy atom. The summed E-state index contributed by atoms with van der Waals surface area (Å²) >= 11 is 0. The molecule has 2 saturated carbocycles. The molecule has 190 valence electrons. The molecule has 4 N–H and O–H groups in total. The van der Waals surface area contributed by atoms with E-state index in [1.807, 2.05) is 19.0 Å². The summed E-state index contributed by atoms with van der Waals surface area (Å²) in [5, 5.41) is 22.1. The highest BCUT2D eigenvalue weighted by Crippen LogP contribution is 2.50. The van der Waals surface area contributed by atoms with E-state index in [4.69, 9.17) is 5.73 Å². The lowest BCUT2D eigenvalue weighted by atomic mass is 9.52. The van der Waals surface area contributed by atoms with Crippen LogP contribution < -0.4 is 5.73 Å². The monoisotopic (exact) mass is 495 g/mol. The molecule has 0 bridgehead atoms. The number of hydrogen-bond donors (Lipinski definition) is 3. The van der Waals surface area contributed by atoms with Crippen molar-refractivity contribution < 1.29 is 34.2 Å². The lowest BCUT2D eigenvalue weighted by Crippen LogP contribution is -2.74. The number of carbonyl (C=O) groups is 5. The Labute approximate surface area is 208 Å². The molecule has 0 radical (unpaired) electrons. The van der Waals surface area contributed by atoms with Gasteiger partial charge in [-0.25, -0.2) is 0 Å². The molecule has 10 nitrogen and oxygen atoms in total. The fourth-order valence-electron chi connectivity index (χ4n) is 6.01. The highest BCUT2D eigenvalue weighted by Gasteiger charge is 2.69. The van der Waals surface area contributed by atoms with Gasteiger partial charge in [-0.2, -0.15) is 0 Å². The molecule has 1 aromatic rings. The summed E-state index contributed by atoms with van der Waals surface area (Å²) in [6.07, 6.45) is 0.191. The van der Waals surface area contributed by atoms with Crippen molar-refractivity contribution in [2.45, 2.75) is 24.5 Å². The molecule has 0 heterocycles. The van der Waals surface area contributed by atoms with Crippen molar-refractivity contribution >= 4 is 29.0 Å². The molecule has 0 spiro atoms. The number of aliphatic hydroxyl groups is 1. The quantitative estimate of drug-likeness (QED) is 0.345. The van der Waals surface area contributed by atoms with Crippen molar-refractivity contribution in [3.63, 3.8) is 0 Å². The highest BCUT2D eigenvalue weighted by atomic mass is 16.3. The number of Topliss-reactive ketones (excluding diaryl/α,β-unsaturated/α-hetero) is 4. The van der Waals surface area contributed by atoms with Crippen molar-refractivity contribution in [3.05, 3.63) is 28.8 Å². The summed E-state index contributed by atoms with van der Waals surface area (Å²) in [5.74, 6) is -4.56. The minimum Gasteiger partial charge on any atom is -0.507 e. The zero-order chi connectivity index (χ0) is 26.7. The molecule has 0 saturated heterocycles. The number of hydrogen-bond acceptors (Lipinski definition) is 9. The van der Waals surface area contributed by atoms with E-state index in [2.05, 4.69) is 11.8 Å². The first-order valence-corrected chi connectivity index (χ1v) is 11.6. The molecule has 1 amide bonds. The minimum atomic E-state index is -2.73. The number of benzene rings is 1. The molecule has 0 aliphatic heterocycles. The molecule has 1 aromatic carbocycles. The topological polar surface area (TPSA) is 158 Å². The number of phenols is 1. The summed E-state index contributed by atoms with van der Waals surface area (Å²) in [6.45, 7) is 0.471. The Balaban J connectivity index is 1.84. The molecule has 2 unspecified atom stereocenters. The predicted octanol–water partition coefficient (Wildman–Crippen LogP) is -1.22. The number of rotatable bonds is 3. The third-order valence-corrected chi connectivity index (χ3v) is 7.56. The average Bonchev–Trinajstić information content (AvgIpc) is 2.77. The largest absolute Gasteiger partial charge is 0.507 e. The summed E-state index contributed by atoms with van der Waals surface area (Å²) in [4.78, 5) is 69.0. The van der Waals surface area contributed by atoms with E-state index < -0.39 is 64.4 Å². The number of phenolic OH excluding ortho intramolecular Hbond substituents is 1. The number of carbonyl (C=O) groups excluding carboxylic acids is 5. The molecule has 0 aromatic heterocycles. The van der Waals surface area contributed by atoms with E-state index in [9.17, 15) is 34.2 Å². The van der Waals surface area contributed by atoms with Gasteiger partial charge in [0.25, 0.3) is 0 Å². The maximum Gasteiger partial charge on any atom is 0.235 e. The number of primary amides is 1. The second-order valence-corrected chi connectivity index (χ2v) is 10.3. The standard InChI is InChI=1S/C26H29N3O7/c1-28(2)9-5-6-12-7-8-16(30)18-14(12)10-13-11-15-20(29(3)4)22(32)19(25(27)35)24(34)26(15,36)23(33)17(13)21(18)31/h7-8,13,15,17,19-20,30,36H,9-11H2,1-4H3,(H2,27,35)/t13-,15-,17?,19?,20-,26-/m0/s1. The third kappa shape index (κ3) is 3.66. The Hall–Kier alpha value is -3.39. The molecule has 2 fully saturated rings. The van der Waals surface area contributed by atoms with Gasteiger partial charge in [0, 0.05) is 11.5 Å². The van der Waals surface area contributed by atoms with Gasteiger partial charge < -0.3 is 15.9 Å². The first kappa shape index (κ1) is 25.7. The van der Waals surface area contributed by atoms with Gasteiger partial charge in [-0.15, -0.1) is 0 Å². The number of ketones is 4. The first-order valence-electron chi connectivity index (χ1n) is 11.6. The highest BCUT2D eigenvalue weighted by molar-refractivity contribution is 6.32. The van der Waals surface area contributed by atoms with E-state index in [-0.39, 0.29) is 24.2 Å². The Kier molecular flexibility index (Phi) is 6.37. The fourth-order valence-corrected chi connectivity index (χ4v) is 6.01. The van der Waals surface area contributed by atoms with Gasteiger partial charge >= 0.3 is 0 Å². The minimum absolute atomic E-state index is 0.00409. The lowest BCUT2D eigenvalue weighted by molar-refractivity contribution is -0.181. The van der Waals surface area contributed by atoms with Gasteiger partial charge in [0.15, 0.2) is 34.7 Å². The Bertz CT molecular complexity index is 1260. The Morgan fingerprint density at radius 2 is 1.81 bits per heavy atom. The van der Waals surface area contributed by atoms with Crippen molar-refractivity contribution in [2.24, 2.45) is 29.4 Å². The van der Waals surface area contributed by atoms with Crippen molar-refractivity contribution in [3.8, 4) is 17.6 Å². The second-order valence-electron chi connectivity index (χ2n) is 10.3. The van der Waals surface area contributed by atoms with Crippen molar-refractivity contribution in [2.75, 3.05) is 34.7 Å². The average molecular weight is 496 g/mol. The number of aromatic hydroxyl groups is 1. The number of nitrogens with two attached hydrogens (primary N) is 1. The van der Waals surface area contributed by atoms with Crippen LogP contribution in [0, 0.1) is 35.5 Å². The van der Waals surface area contributed by atoms with Gasteiger partial charge in [0.1, 0.15) is 5.75 Å². The van der Waals surface area contributed by atoms with Crippen molar-refractivity contribution in [1.82, 2.24) is 9.80 Å². The van der Waals surface area contributed by atoms with Crippen LogP contribution in [-0.4, -0.2) is 95.4 Å². The van der Waals surface area contributed by atoms with E-state index in [0.717, 1.165) is 0 Å². The zero-order valence-electron chi connectivity index (χ0n) is 20.6. The van der Waals surface area contributed by atoms with Crippen LogP contribution in [0.5, 0.6) is 5.75 Å². The third-order valence-electron chi connectivity index (χ3n) is 7.56. The van der Waals surface area contributed by atoms with Crippen molar-refractivity contribution in [1.29, 1.82) is 0 Å². The Morgan fingerprint density at radius 3 is 2.39 bits per heavy atom. The van der Waals surface area contributed by atoms with Crippen LogP contribution >= 0.6 is 0 Å². The molecule has 10 heteroatoms. The fraction of sp³-hybridized carbons (Fsp3) is 0.500. The maximum atomic E-state index is 13.7. The van der Waals surface area contributed by atoms with Gasteiger partial charge in [0.05, 0.1) is 24.1 Å². The summed E-state index contributed by atoms with van der Waals surface area (Å²) in [7, 11) is 6.82. The normalized spacial score (nSPS) is 31.5. The molecular formula is C26H29N3O7.